The zero-order valence-electron chi connectivity index (χ0n) is 20.4. The van der Waals surface area contributed by atoms with Crippen LogP contribution in [-0.4, -0.2) is 45.3 Å². The second-order valence-corrected chi connectivity index (χ2v) is 10.1. The molecule has 15 heteroatoms. The maximum absolute atomic E-state index is 12.2. The minimum atomic E-state index is -4.76. The van der Waals surface area contributed by atoms with E-state index in [1.54, 1.807) is 0 Å². The second-order valence-electron chi connectivity index (χ2n) is 8.27. The van der Waals surface area contributed by atoms with Gasteiger partial charge < -0.3 is 20.4 Å². The van der Waals surface area contributed by atoms with Gasteiger partial charge in [0.15, 0.2) is 0 Å². The molecule has 0 spiro atoms. The molecule has 41 heavy (non-hydrogen) atoms. The Bertz CT molecular complexity index is 1870. The smallest absolute Gasteiger partial charge is 0.339 e. The highest BCUT2D eigenvalue weighted by Gasteiger charge is 2.19. The number of nitrogens with zero attached hydrogens (tertiary/aromatic N) is 4. The number of thiol groups is 1. The Morgan fingerprint density at radius 3 is 1.41 bits per heavy atom. The van der Waals surface area contributed by atoms with Crippen molar-refractivity contribution in [1.29, 1.82) is 0 Å². The topological polar surface area (TPSA) is 219 Å². The molecule has 0 bridgehead atoms. The largest absolute Gasteiger partial charge is 0.507 e. The summed E-state index contributed by atoms with van der Waals surface area (Å²) in [5.74, 6) is -3.60. The molecule has 0 fully saturated rings. The lowest BCUT2D eigenvalue weighted by Gasteiger charge is -2.11. The molecule has 0 saturated carbocycles. The van der Waals surface area contributed by atoms with Crippen molar-refractivity contribution in [3.05, 3.63) is 83.9 Å². The molecule has 4 rings (SSSR count). The number of benzene rings is 4. The van der Waals surface area contributed by atoms with Crippen LogP contribution in [0.3, 0.4) is 0 Å². The van der Waals surface area contributed by atoms with Crippen LogP contribution < -0.4 is 0 Å². The van der Waals surface area contributed by atoms with Crippen molar-refractivity contribution in [2.24, 2.45) is 20.5 Å². The molecule has 0 heterocycles. The first-order valence-corrected chi connectivity index (χ1v) is 13.1. The molecule has 4 aromatic rings. The maximum atomic E-state index is 12.2. The van der Waals surface area contributed by atoms with Crippen LogP contribution in [0.25, 0.3) is 11.1 Å². The molecule has 0 radical (unpaired) electrons. The van der Waals surface area contributed by atoms with Gasteiger partial charge in [-0.05, 0) is 66.2 Å². The number of carboxylic acids is 2. The van der Waals surface area contributed by atoms with Gasteiger partial charge >= 0.3 is 11.9 Å². The molecule has 5 N–H and O–H groups in total. The zero-order valence-corrected chi connectivity index (χ0v) is 22.2. The number of azo groups is 2. The lowest BCUT2D eigenvalue weighted by atomic mass is 10.0. The molecule has 0 amide bonds. The van der Waals surface area contributed by atoms with E-state index in [1.165, 1.54) is 48.5 Å². The molecule has 4 aromatic carbocycles. The molecule has 0 aliphatic rings. The molecular formula is C26H18N4O9S2. The Labute approximate surface area is 237 Å². The lowest BCUT2D eigenvalue weighted by molar-refractivity contribution is 0.0682. The van der Waals surface area contributed by atoms with E-state index in [1.807, 2.05) is 0 Å². The van der Waals surface area contributed by atoms with Crippen molar-refractivity contribution in [2.75, 3.05) is 0 Å². The Balaban J connectivity index is 1.65. The minimum absolute atomic E-state index is 0.0205. The van der Waals surface area contributed by atoms with Gasteiger partial charge in [0.05, 0.1) is 22.7 Å². The van der Waals surface area contributed by atoms with Crippen molar-refractivity contribution < 1.29 is 43.0 Å². The van der Waals surface area contributed by atoms with Crippen LogP contribution in [0.4, 0.5) is 22.7 Å². The van der Waals surface area contributed by atoms with Crippen molar-refractivity contribution >= 4 is 57.4 Å². The molecule has 0 saturated heterocycles. The average molecular weight is 595 g/mol. The fraction of sp³-hybridized carbons (Fsp3) is 0. The van der Waals surface area contributed by atoms with Crippen LogP contribution >= 0.6 is 12.6 Å². The first-order valence-electron chi connectivity index (χ1n) is 11.2. The Hall–Kier alpha value is -5.12. The van der Waals surface area contributed by atoms with Gasteiger partial charge in [0.1, 0.15) is 27.5 Å². The molecule has 0 aliphatic carbocycles. The first-order chi connectivity index (χ1) is 19.3. The highest BCUT2D eigenvalue weighted by molar-refractivity contribution is 7.86. The normalized spacial score (nSPS) is 11.8. The fourth-order valence-electron chi connectivity index (χ4n) is 3.57. The molecule has 0 aromatic heterocycles. The van der Waals surface area contributed by atoms with E-state index >= 15 is 0 Å². The lowest BCUT2D eigenvalue weighted by Crippen LogP contribution is -2.01. The van der Waals surface area contributed by atoms with Gasteiger partial charge in [0, 0.05) is 10.5 Å². The van der Waals surface area contributed by atoms with E-state index in [4.69, 9.17) is 10.2 Å². The molecule has 0 aliphatic heterocycles. The molecule has 0 atom stereocenters. The molecule has 13 nitrogen and oxygen atoms in total. The number of phenols is 2. The Morgan fingerprint density at radius 1 is 0.610 bits per heavy atom. The third-order valence-corrected chi connectivity index (χ3v) is 6.76. The summed E-state index contributed by atoms with van der Waals surface area (Å²) in [5.41, 5.74) is 0.201. The Kier molecular flexibility index (Phi) is 8.13. The van der Waals surface area contributed by atoms with Gasteiger partial charge in [-0.3, -0.25) is 4.55 Å². The number of hydrogen-bond donors (Lipinski definition) is 6. The van der Waals surface area contributed by atoms with E-state index in [-0.39, 0.29) is 38.8 Å². The summed E-state index contributed by atoms with van der Waals surface area (Å²) in [7, 11) is -4.76. The summed E-state index contributed by atoms with van der Waals surface area (Å²) in [6, 6.07) is 15.5. The van der Waals surface area contributed by atoms with Crippen LogP contribution in [0.1, 0.15) is 20.7 Å². The number of aromatic hydroxyl groups is 2. The van der Waals surface area contributed by atoms with Crippen LogP contribution in [-0.2, 0) is 10.1 Å². The summed E-state index contributed by atoms with van der Waals surface area (Å²) in [5, 5.41) is 53.2. The van der Waals surface area contributed by atoms with Crippen LogP contribution in [0, 0.1) is 0 Å². The minimum Gasteiger partial charge on any atom is -0.507 e. The van der Waals surface area contributed by atoms with Crippen molar-refractivity contribution in [2.45, 2.75) is 9.79 Å². The van der Waals surface area contributed by atoms with Gasteiger partial charge in [-0.1, -0.05) is 12.1 Å². The number of aromatic carboxylic acids is 2. The summed E-state index contributed by atoms with van der Waals surface area (Å²) in [6.07, 6.45) is 0. The number of carbonyl (C=O) groups is 2. The van der Waals surface area contributed by atoms with Crippen LogP contribution in [0.5, 0.6) is 11.5 Å². The quantitative estimate of drug-likeness (QED) is 0.0741. The standard InChI is InChI=1S/C26H18N4O9S2/c31-21-7-3-13(9-19(21)25(33)34)27-29-15-1-5-17(23(40)11-15)18-6-2-16(12-24(18)41(37,38)39)30-28-14-4-8-22(32)20(10-14)26(35)36/h1-12,31-32,40H,(H,33,34)(H,35,36)(H,37,38,39)/b29-27+,30-28+. The number of hydrogen-bond acceptors (Lipinski definition) is 11. The zero-order chi connectivity index (χ0) is 29.9. The fourth-order valence-corrected chi connectivity index (χ4v) is 4.62. The van der Waals surface area contributed by atoms with Gasteiger partial charge in [0.25, 0.3) is 10.1 Å². The number of carboxylic acid groups (broad SMARTS) is 2. The predicted octanol–water partition coefficient (Wildman–Crippen LogP) is 6.53. The first kappa shape index (κ1) is 28.9. The van der Waals surface area contributed by atoms with E-state index in [2.05, 4.69) is 33.1 Å². The third-order valence-electron chi connectivity index (χ3n) is 5.50. The molecule has 0 unspecified atom stereocenters. The summed E-state index contributed by atoms with van der Waals surface area (Å²) < 4.78 is 34.3. The molecule has 208 valence electrons. The van der Waals surface area contributed by atoms with E-state index in [0.717, 1.165) is 24.3 Å². The van der Waals surface area contributed by atoms with Crippen molar-refractivity contribution in [3.8, 4) is 22.6 Å². The highest BCUT2D eigenvalue weighted by atomic mass is 32.2. The van der Waals surface area contributed by atoms with Gasteiger partial charge in [0.2, 0.25) is 0 Å². The molecular weight excluding hydrogens is 576 g/mol. The van der Waals surface area contributed by atoms with E-state index in [9.17, 15) is 32.8 Å². The van der Waals surface area contributed by atoms with Crippen molar-refractivity contribution in [3.63, 3.8) is 0 Å². The Morgan fingerprint density at radius 2 is 1.00 bits per heavy atom. The van der Waals surface area contributed by atoms with Gasteiger partial charge in [-0.25, -0.2) is 9.59 Å². The van der Waals surface area contributed by atoms with E-state index < -0.39 is 44.0 Å². The van der Waals surface area contributed by atoms with Gasteiger partial charge in [-0.15, -0.1) is 12.6 Å². The van der Waals surface area contributed by atoms with E-state index in [0.29, 0.717) is 5.56 Å². The summed E-state index contributed by atoms with van der Waals surface area (Å²) in [4.78, 5) is 22.2. The SMILES string of the molecule is O=C(O)c1cc(/N=N/c2ccc(-c3ccc(/N=N/c4ccc(O)c(C(=O)O)c4)cc3S(=O)(=O)O)c(S)c2)ccc1O. The van der Waals surface area contributed by atoms with Crippen LogP contribution in [0.15, 0.2) is 103 Å². The second kappa shape index (κ2) is 11.5. The van der Waals surface area contributed by atoms with Crippen molar-refractivity contribution in [1.82, 2.24) is 0 Å². The summed E-state index contributed by atoms with van der Waals surface area (Å²) >= 11 is 4.41. The third kappa shape index (κ3) is 6.73. The monoisotopic (exact) mass is 594 g/mol. The van der Waals surface area contributed by atoms with Gasteiger partial charge in [-0.2, -0.15) is 28.9 Å². The maximum Gasteiger partial charge on any atom is 0.339 e. The highest BCUT2D eigenvalue weighted by Crippen LogP contribution is 2.37. The predicted molar refractivity (Wildman–Crippen MR) is 147 cm³/mol. The van der Waals surface area contributed by atoms with Crippen LogP contribution in [0.2, 0.25) is 0 Å². The number of rotatable bonds is 8. The summed E-state index contributed by atoms with van der Waals surface area (Å²) in [6.45, 7) is 0. The average Bonchev–Trinajstić information content (AvgIpc) is 2.91.